The highest BCUT2D eigenvalue weighted by atomic mass is 19.2. The summed E-state index contributed by atoms with van der Waals surface area (Å²) >= 11 is 0. The molecule has 6 nitrogen and oxygen atoms in total. The fourth-order valence-corrected chi connectivity index (χ4v) is 1.42. The predicted molar refractivity (Wildman–Crippen MR) is 70.2 cm³/mol. The molecule has 0 aliphatic heterocycles. The second-order valence-corrected chi connectivity index (χ2v) is 3.70. The lowest BCUT2D eigenvalue weighted by Crippen LogP contribution is -2.07. The number of ether oxygens (including phenoxy) is 1. The van der Waals surface area contributed by atoms with Crippen LogP contribution in [0.25, 0.3) is 0 Å². The van der Waals surface area contributed by atoms with Gasteiger partial charge in [0, 0.05) is 18.8 Å². The van der Waals surface area contributed by atoms with Crippen molar-refractivity contribution in [2.45, 2.75) is 6.92 Å². The Morgan fingerprint density at radius 1 is 1.10 bits per heavy atom. The van der Waals surface area contributed by atoms with Gasteiger partial charge in [0.15, 0.2) is 11.6 Å². The molecule has 106 valence electrons. The first-order valence-electron chi connectivity index (χ1n) is 5.91. The quantitative estimate of drug-likeness (QED) is 0.876. The lowest BCUT2D eigenvalue weighted by Gasteiger charge is -2.08. The van der Waals surface area contributed by atoms with Crippen LogP contribution in [0.4, 0.5) is 26.4 Å². The Bertz CT molecular complexity index is 608. The zero-order valence-corrected chi connectivity index (χ0v) is 10.9. The molecule has 1 heterocycles. The molecular weight excluding hydrogens is 268 g/mol. The summed E-state index contributed by atoms with van der Waals surface area (Å²) in [5, 5.41) is 5.51. The van der Waals surface area contributed by atoms with Crippen molar-refractivity contribution in [1.82, 2.24) is 15.0 Å². The van der Waals surface area contributed by atoms with Crippen molar-refractivity contribution in [3.05, 3.63) is 29.8 Å². The van der Waals surface area contributed by atoms with Crippen LogP contribution in [0, 0.1) is 11.6 Å². The SMILES string of the molecule is CCOc1nc(NC)nc(Nc2ccc(F)c(F)c2)n1. The fraction of sp³-hybridized carbons (Fsp3) is 0.250. The highest BCUT2D eigenvalue weighted by Gasteiger charge is 2.08. The number of rotatable bonds is 5. The fourth-order valence-electron chi connectivity index (χ4n) is 1.42. The van der Waals surface area contributed by atoms with Crippen LogP contribution >= 0.6 is 0 Å². The van der Waals surface area contributed by atoms with Crippen molar-refractivity contribution in [3.8, 4) is 6.01 Å². The van der Waals surface area contributed by atoms with E-state index in [-0.39, 0.29) is 12.0 Å². The van der Waals surface area contributed by atoms with E-state index < -0.39 is 11.6 Å². The molecule has 0 amide bonds. The lowest BCUT2D eigenvalue weighted by molar-refractivity contribution is 0.312. The minimum atomic E-state index is -0.956. The number of nitrogens with one attached hydrogen (secondary N) is 2. The second kappa shape index (κ2) is 6.09. The number of hydrogen-bond donors (Lipinski definition) is 2. The molecule has 2 N–H and O–H groups in total. The van der Waals surface area contributed by atoms with Crippen LogP contribution in [0.15, 0.2) is 18.2 Å². The molecule has 0 saturated carbocycles. The van der Waals surface area contributed by atoms with Crippen molar-refractivity contribution in [2.75, 3.05) is 24.3 Å². The molecule has 0 fully saturated rings. The first kappa shape index (κ1) is 13.9. The van der Waals surface area contributed by atoms with Gasteiger partial charge in [0.2, 0.25) is 11.9 Å². The van der Waals surface area contributed by atoms with Gasteiger partial charge >= 0.3 is 6.01 Å². The predicted octanol–water partition coefficient (Wildman–Crippen LogP) is 2.33. The normalized spacial score (nSPS) is 10.2. The van der Waals surface area contributed by atoms with Crippen molar-refractivity contribution < 1.29 is 13.5 Å². The highest BCUT2D eigenvalue weighted by Crippen LogP contribution is 2.18. The molecule has 20 heavy (non-hydrogen) atoms. The van der Waals surface area contributed by atoms with Crippen LogP contribution in [-0.2, 0) is 0 Å². The van der Waals surface area contributed by atoms with Gasteiger partial charge in [-0.3, -0.25) is 0 Å². The molecule has 1 aromatic carbocycles. The van der Waals surface area contributed by atoms with Crippen LogP contribution in [0.2, 0.25) is 0 Å². The summed E-state index contributed by atoms with van der Waals surface area (Å²) in [6.45, 7) is 2.20. The van der Waals surface area contributed by atoms with E-state index in [1.807, 2.05) is 0 Å². The number of hydrogen-bond acceptors (Lipinski definition) is 6. The average molecular weight is 281 g/mol. The maximum absolute atomic E-state index is 13.1. The van der Waals surface area contributed by atoms with E-state index in [0.717, 1.165) is 12.1 Å². The van der Waals surface area contributed by atoms with E-state index in [0.29, 0.717) is 18.2 Å². The van der Waals surface area contributed by atoms with Crippen LogP contribution in [0.5, 0.6) is 6.01 Å². The second-order valence-electron chi connectivity index (χ2n) is 3.70. The van der Waals surface area contributed by atoms with E-state index in [2.05, 4.69) is 25.6 Å². The van der Waals surface area contributed by atoms with Crippen molar-refractivity contribution in [2.24, 2.45) is 0 Å². The largest absolute Gasteiger partial charge is 0.464 e. The topological polar surface area (TPSA) is 72.0 Å². The molecule has 0 aliphatic rings. The third-order valence-corrected chi connectivity index (χ3v) is 2.29. The first-order valence-corrected chi connectivity index (χ1v) is 5.91. The van der Waals surface area contributed by atoms with E-state index in [9.17, 15) is 8.78 Å². The van der Waals surface area contributed by atoms with Crippen LogP contribution in [-0.4, -0.2) is 28.6 Å². The van der Waals surface area contributed by atoms with Crippen molar-refractivity contribution in [1.29, 1.82) is 0 Å². The number of anilines is 3. The van der Waals surface area contributed by atoms with E-state index in [1.165, 1.54) is 6.07 Å². The standard InChI is InChI=1S/C12H13F2N5O/c1-3-20-12-18-10(15-2)17-11(19-12)16-7-4-5-8(13)9(14)6-7/h4-6H,3H2,1-2H3,(H2,15,16,17,18,19). The Balaban J connectivity index is 2.27. The Morgan fingerprint density at radius 2 is 1.85 bits per heavy atom. The summed E-state index contributed by atoms with van der Waals surface area (Å²) in [5.41, 5.74) is 0.319. The zero-order chi connectivity index (χ0) is 14.5. The Morgan fingerprint density at radius 3 is 2.50 bits per heavy atom. The summed E-state index contributed by atoms with van der Waals surface area (Å²) in [7, 11) is 1.65. The number of nitrogens with zero attached hydrogens (tertiary/aromatic N) is 3. The first-order chi connectivity index (χ1) is 9.62. The van der Waals surface area contributed by atoms with Gasteiger partial charge in [-0.1, -0.05) is 0 Å². The van der Waals surface area contributed by atoms with Crippen molar-refractivity contribution >= 4 is 17.6 Å². The molecule has 0 bridgehead atoms. The molecule has 0 atom stereocenters. The van der Waals surface area contributed by atoms with Gasteiger partial charge in [0.1, 0.15) is 0 Å². The van der Waals surface area contributed by atoms with Gasteiger partial charge in [-0.25, -0.2) is 8.78 Å². The molecule has 0 unspecified atom stereocenters. The number of benzene rings is 1. The molecule has 1 aromatic heterocycles. The van der Waals surface area contributed by atoms with Gasteiger partial charge in [0.05, 0.1) is 6.61 Å². The molecule has 0 spiro atoms. The molecule has 0 saturated heterocycles. The maximum Gasteiger partial charge on any atom is 0.323 e. The minimum absolute atomic E-state index is 0.136. The van der Waals surface area contributed by atoms with Crippen LogP contribution in [0.1, 0.15) is 6.92 Å². The monoisotopic (exact) mass is 281 g/mol. The molecule has 0 aliphatic carbocycles. The number of halogens is 2. The van der Waals surface area contributed by atoms with Gasteiger partial charge in [-0.15, -0.1) is 0 Å². The molecule has 2 aromatic rings. The molecular formula is C12H13F2N5O. The minimum Gasteiger partial charge on any atom is -0.464 e. The van der Waals surface area contributed by atoms with Crippen LogP contribution < -0.4 is 15.4 Å². The summed E-state index contributed by atoms with van der Waals surface area (Å²) in [6, 6.07) is 3.54. The molecule has 0 radical (unpaired) electrons. The Labute approximate surface area is 114 Å². The Kier molecular flexibility index (Phi) is 4.24. The maximum atomic E-state index is 13.1. The van der Waals surface area contributed by atoms with E-state index in [1.54, 1.807) is 14.0 Å². The van der Waals surface area contributed by atoms with E-state index in [4.69, 9.17) is 4.74 Å². The molecule has 8 heteroatoms. The van der Waals surface area contributed by atoms with Crippen LogP contribution in [0.3, 0.4) is 0 Å². The summed E-state index contributed by atoms with van der Waals surface area (Å²) in [5.74, 6) is -1.41. The molecule has 2 rings (SSSR count). The lowest BCUT2D eigenvalue weighted by atomic mass is 10.3. The van der Waals surface area contributed by atoms with Gasteiger partial charge in [-0.2, -0.15) is 15.0 Å². The third-order valence-electron chi connectivity index (χ3n) is 2.29. The summed E-state index contributed by atoms with van der Waals surface area (Å²) < 4.78 is 31.2. The van der Waals surface area contributed by atoms with Crippen molar-refractivity contribution in [3.63, 3.8) is 0 Å². The highest BCUT2D eigenvalue weighted by molar-refractivity contribution is 5.54. The summed E-state index contributed by atoms with van der Waals surface area (Å²) in [4.78, 5) is 12.0. The smallest absolute Gasteiger partial charge is 0.323 e. The zero-order valence-electron chi connectivity index (χ0n) is 10.9. The third kappa shape index (κ3) is 3.28. The van der Waals surface area contributed by atoms with Gasteiger partial charge < -0.3 is 15.4 Å². The number of aromatic nitrogens is 3. The van der Waals surface area contributed by atoms with Gasteiger partial charge in [0.25, 0.3) is 0 Å². The summed E-state index contributed by atoms with van der Waals surface area (Å²) in [6.07, 6.45) is 0. The Hall–Kier alpha value is -2.51. The van der Waals surface area contributed by atoms with Gasteiger partial charge in [-0.05, 0) is 19.1 Å². The van der Waals surface area contributed by atoms with E-state index >= 15 is 0 Å². The average Bonchev–Trinajstić information content (AvgIpc) is 2.43.